The summed E-state index contributed by atoms with van der Waals surface area (Å²) in [5, 5.41) is 12.8. The second-order valence-corrected chi connectivity index (χ2v) is 3.10. The van der Waals surface area contributed by atoms with Gasteiger partial charge in [0, 0.05) is 11.6 Å². The van der Waals surface area contributed by atoms with Crippen LogP contribution in [0.5, 0.6) is 0 Å². The molecule has 1 N–H and O–H groups in total. The lowest BCUT2D eigenvalue weighted by Crippen LogP contribution is -1.93. The molecule has 0 fully saturated rings. The molecule has 1 aromatic carbocycles. The zero-order valence-corrected chi connectivity index (χ0v) is 7.81. The molecule has 0 aliphatic rings. The SMILES string of the molecule is C/C(=N\O)c1ccc2ncccc2c1. The normalized spacial score (nSPS) is 11.9. The molecule has 0 bridgehead atoms. The first kappa shape index (κ1) is 8.69. The molecule has 2 aromatic rings. The van der Waals surface area contributed by atoms with Gasteiger partial charge in [0.2, 0.25) is 0 Å². The Hall–Kier alpha value is -1.90. The van der Waals surface area contributed by atoms with Crippen molar-refractivity contribution in [2.45, 2.75) is 6.92 Å². The summed E-state index contributed by atoms with van der Waals surface area (Å²) in [5.74, 6) is 0. The van der Waals surface area contributed by atoms with Crippen LogP contribution >= 0.6 is 0 Å². The predicted octanol–water partition coefficient (Wildman–Crippen LogP) is 2.43. The monoisotopic (exact) mass is 186 g/mol. The molecular weight excluding hydrogens is 176 g/mol. The quantitative estimate of drug-likeness (QED) is 0.422. The average molecular weight is 186 g/mol. The topological polar surface area (TPSA) is 45.5 Å². The molecule has 14 heavy (non-hydrogen) atoms. The minimum Gasteiger partial charge on any atom is -0.411 e. The van der Waals surface area contributed by atoms with Gasteiger partial charge in [-0.1, -0.05) is 17.3 Å². The smallest absolute Gasteiger partial charge is 0.0837 e. The molecule has 0 amide bonds. The number of fused-ring (bicyclic) bond motifs is 1. The van der Waals surface area contributed by atoms with E-state index in [2.05, 4.69) is 10.1 Å². The van der Waals surface area contributed by atoms with Crippen LogP contribution in [0.25, 0.3) is 10.9 Å². The number of hydrogen-bond acceptors (Lipinski definition) is 3. The molecule has 3 nitrogen and oxygen atoms in total. The molecule has 70 valence electrons. The third-order valence-electron chi connectivity index (χ3n) is 2.17. The Balaban J connectivity index is 2.62. The van der Waals surface area contributed by atoms with Gasteiger partial charge in [-0.25, -0.2) is 0 Å². The van der Waals surface area contributed by atoms with Crippen molar-refractivity contribution >= 4 is 16.6 Å². The third-order valence-corrected chi connectivity index (χ3v) is 2.17. The van der Waals surface area contributed by atoms with Gasteiger partial charge in [-0.2, -0.15) is 0 Å². The van der Waals surface area contributed by atoms with Gasteiger partial charge in [0.05, 0.1) is 11.2 Å². The first-order valence-electron chi connectivity index (χ1n) is 4.35. The lowest BCUT2D eigenvalue weighted by atomic mass is 10.1. The minimum absolute atomic E-state index is 0.607. The Labute approximate surface area is 81.7 Å². The predicted molar refractivity (Wildman–Crippen MR) is 55.7 cm³/mol. The van der Waals surface area contributed by atoms with Crippen LogP contribution in [0.2, 0.25) is 0 Å². The maximum atomic E-state index is 8.63. The molecule has 0 saturated heterocycles. The van der Waals surface area contributed by atoms with Crippen molar-refractivity contribution in [3.63, 3.8) is 0 Å². The Bertz CT molecular complexity index is 491. The first-order chi connectivity index (χ1) is 6.81. The Morgan fingerprint density at radius 2 is 2.21 bits per heavy atom. The Kier molecular flexibility index (Phi) is 2.14. The van der Waals surface area contributed by atoms with Crippen LogP contribution in [0.3, 0.4) is 0 Å². The first-order valence-corrected chi connectivity index (χ1v) is 4.35. The van der Waals surface area contributed by atoms with Crippen LogP contribution in [0.15, 0.2) is 41.7 Å². The van der Waals surface area contributed by atoms with Crippen molar-refractivity contribution in [1.29, 1.82) is 0 Å². The van der Waals surface area contributed by atoms with E-state index in [1.54, 1.807) is 13.1 Å². The lowest BCUT2D eigenvalue weighted by molar-refractivity contribution is 0.319. The molecule has 0 aliphatic heterocycles. The highest BCUT2D eigenvalue weighted by Crippen LogP contribution is 2.13. The molecule has 2 rings (SSSR count). The molecule has 1 aromatic heterocycles. The van der Waals surface area contributed by atoms with Crippen molar-refractivity contribution < 1.29 is 5.21 Å². The zero-order chi connectivity index (χ0) is 9.97. The molecule has 1 heterocycles. The van der Waals surface area contributed by atoms with Crippen LogP contribution in [-0.2, 0) is 0 Å². The van der Waals surface area contributed by atoms with Crippen LogP contribution < -0.4 is 0 Å². The number of aromatic nitrogens is 1. The highest BCUT2D eigenvalue weighted by molar-refractivity contribution is 6.01. The van der Waals surface area contributed by atoms with E-state index in [1.165, 1.54) is 0 Å². The van der Waals surface area contributed by atoms with Gasteiger partial charge in [0.1, 0.15) is 0 Å². The summed E-state index contributed by atoms with van der Waals surface area (Å²) in [6.07, 6.45) is 1.76. The van der Waals surface area contributed by atoms with E-state index in [-0.39, 0.29) is 0 Å². The van der Waals surface area contributed by atoms with Gasteiger partial charge >= 0.3 is 0 Å². The van der Waals surface area contributed by atoms with Crippen LogP contribution in [-0.4, -0.2) is 15.9 Å². The second kappa shape index (κ2) is 3.46. The van der Waals surface area contributed by atoms with Crippen molar-refractivity contribution in [3.8, 4) is 0 Å². The Morgan fingerprint density at radius 3 is 3.00 bits per heavy atom. The fourth-order valence-electron chi connectivity index (χ4n) is 1.36. The van der Waals surface area contributed by atoms with E-state index < -0.39 is 0 Å². The van der Waals surface area contributed by atoms with Crippen LogP contribution in [0.4, 0.5) is 0 Å². The van der Waals surface area contributed by atoms with Gasteiger partial charge < -0.3 is 5.21 Å². The molecular formula is C11H10N2O. The lowest BCUT2D eigenvalue weighted by Gasteiger charge is -2.00. The fraction of sp³-hybridized carbons (Fsp3) is 0.0909. The van der Waals surface area contributed by atoms with Gasteiger partial charge in [-0.15, -0.1) is 0 Å². The summed E-state index contributed by atoms with van der Waals surface area (Å²) in [6, 6.07) is 9.63. The van der Waals surface area contributed by atoms with Gasteiger partial charge in [0.15, 0.2) is 0 Å². The average Bonchev–Trinajstić information content (AvgIpc) is 2.27. The van der Waals surface area contributed by atoms with Gasteiger partial charge in [-0.3, -0.25) is 4.98 Å². The van der Waals surface area contributed by atoms with E-state index in [4.69, 9.17) is 5.21 Å². The summed E-state index contributed by atoms with van der Waals surface area (Å²) in [6.45, 7) is 1.76. The van der Waals surface area contributed by atoms with Gasteiger partial charge in [0.25, 0.3) is 0 Å². The maximum absolute atomic E-state index is 8.63. The minimum atomic E-state index is 0.607. The molecule has 0 unspecified atom stereocenters. The summed E-state index contributed by atoms with van der Waals surface area (Å²) in [5.41, 5.74) is 2.46. The number of benzene rings is 1. The highest BCUT2D eigenvalue weighted by Gasteiger charge is 1.99. The molecule has 0 spiro atoms. The third kappa shape index (κ3) is 1.44. The van der Waals surface area contributed by atoms with Crippen molar-refractivity contribution in [3.05, 3.63) is 42.1 Å². The summed E-state index contributed by atoms with van der Waals surface area (Å²) >= 11 is 0. The fourth-order valence-corrected chi connectivity index (χ4v) is 1.36. The van der Waals surface area contributed by atoms with E-state index in [0.29, 0.717) is 5.71 Å². The maximum Gasteiger partial charge on any atom is 0.0837 e. The molecule has 3 heteroatoms. The summed E-state index contributed by atoms with van der Waals surface area (Å²) < 4.78 is 0. The van der Waals surface area contributed by atoms with Crippen LogP contribution in [0, 0.1) is 0 Å². The summed E-state index contributed by atoms with van der Waals surface area (Å²) in [7, 11) is 0. The number of pyridine rings is 1. The van der Waals surface area contributed by atoms with Crippen LogP contribution in [0.1, 0.15) is 12.5 Å². The van der Waals surface area contributed by atoms with Crippen molar-refractivity contribution in [2.75, 3.05) is 0 Å². The number of nitrogens with zero attached hydrogens (tertiary/aromatic N) is 2. The summed E-state index contributed by atoms with van der Waals surface area (Å²) in [4.78, 5) is 4.21. The number of oxime groups is 1. The largest absolute Gasteiger partial charge is 0.411 e. The van der Waals surface area contributed by atoms with E-state index in [1.807, 2.05) is 30.3 Å². The van der Waals surface area contributed by atoms with E-state index in [0.717, 1.165) is 16.5 Å². The molecule has 0 atom stereocenters. The Morgan fingerprint density at radius 1 is 1.36 bits per heavy atom. The number of hydrogen-bond donors (Lipinski definition) is 1. The van der Waals surface area contributed by atoms with E-state index >= 15 is 0 Å². The molecule has 0 aliphatic carbocycles. The molecule has 0 radical (unpaired) electrons. The van der Waals surface area contributed by atoms with Crippen molar-refractivity contribution in [2.24, 2.45) is 5.16 Å². The zero-order valence-electron chi connectivity index (χ0n) is 7.81. The molecule has 0 saturated carbocycles. The van der Waals surface area contributed by atoms with E-state index in [9.17, 15) is 0 Å². The standard InChI is InChI=1S/C11H10N2O/c1-8(13-14)9-4-5-11-10(7-9)3-2-6-12-11/h2-7,14H,1H3/b13-8+. The second-order valence-electron chi connectivity index (χ2n) is 3.10. The number of rotatable bonds is 1. The highest BCUT2D eigenvalue weighted by atomic mass is 16.4. The van der Waals surface area contributed by atoms with Gasteiger partial charge in [-0.05, 0) is 30.7 Å². The van der Waals surface area contributed by atoms with Crippen molar-refractivity contribution in [1.82, 2.24) is 4.98 Å².